The van der Waals surface area contributed by atoms with Gasteiger partial charge in [0.05, 0.1) is 12.6 Å². The molecule has 0 bridgehead atoms. The summed E-state index contributed by atoms with van der Waals surface area (Å²) in [4.78, 5) is 11.7. The molecular formula is C14H25NO2S. The van der Waals surface area contributed by atoms with Crippen molar-refractivity contribution >= 4 is 17.1 Å². The third-order valence-corrected chi connectivity index (χ3v) is 4.91. The molecule has 0 amide bonds. The largest absolute Gasteiger partial charge is 0.597 e. The molecule has 1 aliphatic rings. The highest BCUT2D eigenvalue weighted by molar-refractivity contribution is 7.90. The highest BCUT2D eigenvalue weighted by Gasteiger charge is 2.42. The lowest BCUT2D eigenvalue weighted by Gasteiger charge is -2.34. The molecule has 3 nitrogen and oxygen atoms in total. The predicted molar refractivity (Wildman–Crippen MR) is 76.6 cm³/mol. The van der Waals surface area contributed by atoms with Crippen molar-refractivity contribution in [1.29, 1.82) is 0 Å². The molecule has 0 saturated heterocycles. The smallest absolute Gasteiger partial charge is 0.157 e. The molecule has 0 fully saturated rings. The maximum absolute atomic E-state index is 12.5. The van der Waals surface area contributed by atoms with Gasteiger partial charge in [-0.15, -0.1) is 4.31 Å². The van der Waals surface area contributed by atoms with Crippen LogP contribution in [-0.4, -0.2) is 32.0 Å². The molecule has 1 rings (SSSR count). The number of ketones is 1. The van der Waals surface area contributed by atoms with Crippen molar-refractivity contribution in [2.75, 3.05) is 6.54 Å². The Balaban J connectivity index is 2.91. The van der Waals surface area contributed by atoms with E-state index in [9.17, 15) is 9.35 Å². The molecule has 0 aliphatic carbocycles. The fourth-order valence-corrected chi connectivity index (χ4v) is 3.56. The number of carbonyl (C=O) groups excluding carboxylic acids is 1. The van der Waals surface area contributed by atoms with E-state index in [-0.39, 0.29) is 16.6 Å². The molecule has 104 valence electrons. The lowest BCUT2D eigenvalue weighted by molar-refractivity contribution is -0.114. The average Bonchev–Trinajstić information content (AvgIpc) is 2.57. The SMILES string of the molecule is CC(=O)C1=CCN([S+]([O-])C(C)(C)C)[C@@H]1CC(C)C. The van der Waals surface area contributed by atoms with Crippen molar-refractivity contribution < 1.29 is 9.35 Å². The summed E-state index contributed by atoms with van der Waals surface area (Å²) >= 11 is -1.07. The Morgan fingerprint density at radius 2 is 2.11 bits per heavy atom. The number of hydrogen-bond acceptors (Lipinski definition) is 3. The minimum absolute atomic E-state index is 0.0163. The summed E-state index contributed by atoms with van der Waals surface area (Å²) in [5.74, 6) is 0.587. The van der Waals surface area contributed by atoms with Gasteiger partial charge in [0, 0.05) is 16.9 Å². The van der Waals surface area contributed by atoms with E-state index in [0.717, 1.165) is 12.0 Å². The number of rotatable bonds is 4. The molecule has 0 saturated carbocycles. The first-order valence-corrected chi connectivity index (χ1v) is 7.65. The van der Waals surface area contributed by atoms with Crippen LogP contribution < -0.4 is 0 Å². The lowest BCUT2D eigenvalue weighted by atomic mass is 9.97. The second-order valence-electron chi connectivity index (χ2n) is 6.32. The monoisotopic (exact) mass is 271 g/mol. The molecule has 4 heteroatoms. The van der Waals surface area contributed by atoms with E-state index in [1.165, 1.54) is 0 Å². The highest BCUT2D eigenvalue weighted by Crippen LogP contribution is 2.32. The van der Waals surface area contributed by atoms with Gasteiger partial charge in [-0.25, -0.2) is 0 Å². The van der Waals surface area contributed by atoms with Crippen LogP contribution in [0, 0.1) is 5.92 Å². The molecule has 2 atom stereocenters. The van der Waals surface area contributed by atoms with Crippen LogP contribution in [0.25, 0.3) is 0 Å². The van der Waals surface area contributed by atoms with E-state index in [1.54, 1.807) is 6.92 Å². The lowest BCUT2D eigenvalue weighted by Crippen LogP contribution is -2.47. The van der Waals surface area contributed by atoms with Gasteiger partial charge in [0.25, 0.3) is 0 Å². The number of hydrogen-bond donors (Lipinski definition) is 0. The van der Waals surface area contributed by atoms with Crippen molar-refractivity contribution in [3.63, 3.8) is 0 Å². The van der Waals surface area contributed by atoms with Crippen molar-refractivity contribution in [1.82, 2.24) is 4.31 Å². The van der Waals surface area contributed by atoms with Crippen LogP contribution >= 0.6 is 0 Å². The molecule has 1 heterocycles. The molecule has 1 aliphatic heterocycles. The zero-order valence-corrected chi connectivity index (χ0v) is 13.1. The van der Waals surface area contributed by atoms with E-state index >= 15 is 0 Å². The zero-order chi connectivity index (χ0) is 14.1. The minimum Gasteiger partial charge on any atom is -0.597 e. The van der Waals surface area contributed by atoms with Crippen LogP contribution in [0.15, 0.2) is 11.6 Å². The summed E-state index contributed by atoms with van der Waals surface area (Å²) in [6.45, 7) is 12.4. The van der Waals surface area contributed by atoms with Gasteiger partial charge in [-0.05, 0) is 40.0 Å². The molecule has 18 heavy (non-hydrogen) atoms. The van der Waals surface area contributed by atoms with Gasteiger partial charge in [0.2, 0.25) is 0 Å². The fourth-order valence-electron chi connectivity index (χ4n) is 2.21. The van der Waals surface area contributed by atoms with Crippen LogP contribution in [0.3, 0.4) is 0 Å². The van der Waals surface area contributed by atoms with Crippen molar-refractivity contribution in [2.45, 2.75) is 58.8 Å². The van der Waals surface area contributed by atoms with E-state index in [0.29, 0.717) is 12.5 Å². The van der Waals surface area contributed by atoms with E-state index in [2.05, 4.69) is 13.8 Å². The Kier molecular flexibility index (Phi) is 5.04. The van der Waals surface area contributed by atoms with Crippen LogP contribution in [0.2, 0.25) is 0 Å². The molecule has 0 radical (unpaired) electrons. The first-order valence-electron chi connectivity index (χ1n) is 6.54. The van der Waals surface area contributed by atoms with Crippen LogP contribution in [0.5, 0.6) is 0 Å². The fraction of sp³-hybridized carbons (Fsp3) is 0.786. The minimum atomic E-state index is -1.07. The standard InChI is InChI=1S/C14H25NO2S/c1-10(2)9-13-12(11(3)16)7-8-15(13)18(17)14(4,5)6/h7,10,13H,8-9H2,1-6H3/t13-,18?/m1/s1. The second-order valence-corrected chi connectivity index (χ2v) is 8.51. The molecular weight excluding hydrogens is 246 g/mol. The summed E-state index contributed by atoms with van der Waals surface area (Å²) in [6.07, 6.45) is 2.83. The zero-order valence-electron chi connectivity index (χ0n) is 12.3. The van der Waals surface area contributed by atoms with Crippen LogP contribution in [0.4, 0.5) is 0 Å². The van der Waals surface area contributed by atoms with Gasteiger partial charge in [0.15, 0.2) is 5.78 Å². The third-order valence-electron chi connectivity index (χ3n) is 3.04. The van der Waals surface area contributed by atoms with Gasteiger partial charge >= 0.3 is 0 Å². The molecule has 0 N–H and O–H groups in total. The summed E-state index contributed by atoms with van der Waals surface area (Å²) in [5.41, 5.74) is 0.835. The van der Waals surface area contributed by atoms with Crippen molar-refractivity contribution in [3.05, 3.63) is 11.6 Å². The topological polar surface area (TPSA) is 43.4 Å². The first kappa shape index (κ1) is 15.7. The number of carbonyl (C=O) groups is 1. The summed E-state index contributed by atoms with van der Waals surface area (Å²) < 4.78 is 14.2. The molecule has 0 aromatic rings. The summed E-state index contributed by atoms with van der Waals surface area (Å²) in [7, 11) is 0. The van der Waals surface area contributed by atoms with Gasteiger partial charge in [-0.1, -0.05) is 19.9 Å². The van der Waals surface area contributed by atoms with E-state index < -0.39 is 11.4 Å². The first-order chi connectivity index (χ1) is 8.14. The Bertz CT molecular complexity index is 344. The maximum Gasteiger partial charge on any atom is 0.157 e. The van der Waals surface area contributed by atoms with Gasteiger partial charge in [0.1, 0.15) is 4.75 Å². The highest BCUT2D eigenvalue weighted by atomic mass is 32.2. The Labute approximate surface area is 114 Å². The Hall–Kier alpha value is -0.320. The van der Waals surface area contributed by atoms with Crippen molar-refractivity contribution in [3.8, 4) is 0 Å². The van der Waals surface area contributed by atoms with E-state index in [1.807, 2.05) is 31.2 Å². The van der Waals surface area contributed by atoms with Crippen molar-refractivity contribution in [2.24, 2.45) is 5.92 Å². The predicted octanol–water partition coefficient (Wildman–Crippen LogP) is 2.69. The quantitative estimate of drug-likeness (QED) is 0.738. The van der Waals surface area contributed by atoms with Crippen LogP contribution in [-0.2, 0) is 16.2 Å². The summed E-state index contributed by atoms with van der Waals surface area (Å²) in [6, 6.07) is 0.0163. The molecule has 0 spiro atoms. The normalized spacial score (nSPS) is 23.3. The van der Waals surface area contributed by atoms with Gasteiger partial charge < -0.3 is 4.55 Å². The number of Topliss-reactive ketones (excluding diaryl/α,β-unsaturated/α-hetero) is 1. The van der Waals surface area contributed by atoms with Crippen LogP contribution in [0.1, 0.15) is 48.0 Å². The molecule has 1 unspecified atom stereocenters. The second kappa shape index (κ2) is 5.76. The van der Waals surface area contributed by atoms with Gasteiger partial charge in [-0.2, -0.15) is 0 Å². The Morgan fingerprint density at radius 1 is 1.56 bits per heavy atom. The third kappa shape index (κ3) is 3.59. The maximum atomic E-state index is 12.5. The van der Waals surface area contributed by atoms with Gasteiger partial charge in [-0.3, -0.25) is 4.79 Å². The number of nitrogens with zero attached hydrogens (tertiary/aromatic N) is 1. The molecule has 0 aromatic heterocycles. The summed E-state index contributed by atoms with van der Waals surface area (Å²) in [5, 5.41) is 0. The average molecular weight is 271 g/mol. The molecule has 0 aromatic carbocycles. The Morgan fingerprint density at radius 3 is 2.50 bits per heavy atom. The van der Waals surface area contributed by atoms with E-state index in [4.69, 9.17) is 0 Å².